The average molecular weight is 220 g/mol. The molecule has 0 aromatic heterocycles. The molecule has 0 bridgehead atoms. The molecule has 0 spiro atoms. The first-order chi connectivity index (χ1) is 6.34. The number of esters is 2. The zero-order valence-corrected chi connectivity index (χ0v) is 6.35. The second-order valence-corrected chi connectivity index (χ2v) is 1.74. The van der Waals surface area contributed by atoms with Crippen LogP contribution in [0.2, 0.25) is 0 Å². The summed E-state index contributed by atoms with van der Waals surface area (Å²) in [5, 5.41) is 16.0. The fourth-order valence-electron chi connectivity index (χ4n) is 0.321. The molecule has 0 saturated carbocycles. The Labute approximate surface area is 93.7 Å². The number of carbonyl (C=O) groups excluding carboxylic acids is 3. The second-order valence-electron chi connectivity index (χ2n) is 1.74. The van der Waals surface area contributed by atoms with Gasteiger partial charge in [-0.3, -0.25) is 0 Å². The predicted octanol–water partition coefficient (Wildman–Crippen LogP) is -2.81. The Morgan fingerprint density at radius 3 is 1.93 bits per heavy atom. The van der Waals surface area contributed by atoms with E-state index < -0.39 is 31.7 Å². The van der Waals surface area contributed by atoms with Gasteiger partial charge in [-0.05, 0) is 0 Å². The van der Waals surface area contributed by atoms with E-state index in [2.05, 4.69) is 9.39 Å². The molecule has 0 radical (unpaired) electrons. The summed E-state index contributed by atoms with van der Waals surface area (Å²) in [4.78, 5) is 30.6. The van der Waals surface area contributed by atoms with E-state index in [0.29, 0.717) is 0 Å². The molecule has 0 saturated heterocycles. The fourth-order valence-corrected chi connectivity index (χ4v) is 0.321. The fraction of sp³-hybridized carbons (Fsp3) is 0.250. The van der Waals surface area contributed by atoms with Crippen molar-refractivity contribution in [2.24, 2.45) is 0 Å². The van der Waals surface area contributed by atoms with Crippen LogP contribution in [-0.4, -0.2) is 60.6 Å². The summed E-state index contributed by atoms with van der Waals surface area (Å²) in [6.45, 7) is 0. The van der Waals surface area contributed by atoms with Crippen molar-refractivity contribution in [3.63, 3.8) is 0 Å². The Morgan fingerprint density at radius 2 is 1.60 bits per heavy atom. The molecular weight excluding hydrogens is 216 g/mol. The third kappa shape index (κ3) is 7.04. The van der Waals surface area contributed by atoms with Crippen molar-refractivity contribution >= 4 is 44.1 Å². The van der Waals surface area contributed by atoms with Crippen LogP contribution in [0.1, 0.15) is 0 Å². The van der Waals surface area contributed by atoms with Crippen molar-refractivity contribution < 1.29 is 42.6 Å². The Morgan fingerprint density at radius 1 is 1.13 bits per heavy atom. The second kappa shape index (κ2) is 7.36. The molecule has 0 amide bonds. The summed E-state index contributed by atoms with van der Waals surface area (Å²) in [7, 11) is -2.60. The summed E-state index contributed by atoms with van der Waals surface area (Å²) in [5.74, 6) is -6.28. The maximum atomic E-state index is 11.4. The van der Waals surface area contributed by atoms with Crippen LogP contribution in [0, 0.1) is 0 Å². The minimum atomic E-state index is -3.58. The minimum absolute atomic E-state index is 0. The van der Waals surface area contributed by atoms with Crippen LogP contribution in [0.5, 0.6) is 0 Å². The van der Waals surface area contributed by atoms with Crippen LogP contribution in [0.3, 0.4) is 0 Å². The third-order valence-corrected chi connectivity index (χ3v) is 0.751. The van der Waals surface area contributed by atoms with Gasteiger partial charge in [0.05, 0.1) is 0 Å². The van der Waals surface area contributed by atoms with Crippen LogP contribution in [0.25, 0.3) is 0 Å². The first-order valence-corrected chi connectivity index (χ1v) is 2.95. The molecule has 15 heavy (non-hydrogen) atoms. The molecule has 0 aliphatic carbocycles. The molecule has 0 unspecified atom stereocenters. The molecule has 0 aliphatic rings. The molecular formula is C4H4BF2LiO7. The number of hydrogen-bond acceptors (Lipinski definition) is 7. The van der Waals surface area contributed by atoms with Crippen molar-refractivity contribution in [3.05, 3.63) is 0 Å². The van der Waals surface area contributed by atoms with Crippen molar-refractivity contribution in [1.29, 1.82) is 0 Å². The van der Waals surface area contributed by atoms with Crippen LogP contribution < -0.4 is 0 Å². The Bertz CT molecular complexity index is 257. The molecule has 0 rings (SSSR count). The number of alkyl halides is 2. The van der Waals surface area contributed by atoms with Gasteiger partial charge in [-0.15, -0.1) is 0 Å². The van der Waals surface area contributed by atoms with Crippen molar-refractivity contribution in [3.8, 4) is 0 Å². The number of hydrogen-bond donors (Lipinski definition) is 2. The van der Waals surface area contributed by atoms with Gasteiger partial charge in [0.15, 0.2) is 0 Å². The SMILES string of the molecule is O=C(OB(O)O)C(=O)OC(=O)C(F)F.[LiH]. The quantitative estimate of drug-likeness (QED) is 0.223. The summed E-state index contributed by atoms with van der Waals surface area (Å²) in [6.07, 6.45) is -3.58. The molecule has 0 aromatic rings. The van der Waals surface area contributed by atoms with Gasteiger partial charge in [-0.25, -0.2) is 14.4 Å². The van der Waals surface area contributed by atoms with E-state index in [1.54, 1.807) is 0 Å². The van der Waals surface area contributed by atoms with Crippen LogP contribution in [-0.2, 0) is 23.8 Å². The normalized spacial score (nSPS) is 8.87. The Hall–Kier alpha value is -0.948. The summed E-state index contributed by atoms with van der Waals surface area (Å²) >= 11 is 0. The monoisotopic (exact) mass is 220 g/mol. The van der Waals surface area contributed by atoms with E-state index >= 15 is 0 Å². The van der Waals surface area contributed by atoms with Crippen LogP contribution in [0.4, 0.5) is 8.78 Å². The number of carbonyl (C=O) groups is 3. The van der Waals surface area contributed by atoms with Gasteiger partial charge in [-0.2, -0.15) is 8.78 Å². The molecule has 0 fully saturated rings. The Kier molecular flexibility index (Phi) is 8.08. The van der Waals surface area contributed by atoms with E-state index in [4.69, 9.17) is 10.0 Å². The van der Waals surface area contributed by atoms with Gasteiger partial charge < -0.3 is 19.4 Å². The predicted molar refractivity (Wildman–Crippen MR) is 40.5 cm³/mol. The van der Waals surface area contributed by atoms with Gasteiger partial charge in [0.25, 0.3) is 0 Å². The van der Waals surface area contributed by atoms with Crippen molar-refractivity contribution in [2.75, 3.05) is 0 Å². The van der Waals surface area contributed by atoms with Crippen LogP contribution in [0.15, 0.2) is 0 Å². The topological polar surface area (TPSA) is 110 Å². The van der Waals surface area contributed by atoms with Gasteiger partial charge >= 0.3 is 50.5 Å². The summed E-state index contributed by atoms with van der Waals surface area (Å²) in [5.41, 5.74) is 0. The third-order valence-electron chi connectivity index (χ3n) is 0.751. The van der Waals surface area contributed by atoms with E-state index in [1.807, 2.05) is 0 Å². The molecule has 80 valence electrons. The summed E-state index contributed by atoms with van der Waals surface area (Å²) < 4.78 is 29.5. The van der Waals surface area contributed by atoms with Gasteiger partial charge in [0.1, 0.15) is 0 Å². The molecule has 0 aromatic carbocycles. The van der Waals surface area contributed by atoms with Crippen molar-refractivity contribution in [1.82, 2.24) is 0 Å². The maximum absolute atomic E-state index is 11.4. The molecule has 0 heterocycles. The standard InChI is InChI=1S/C4H3BF2O7.Li.H/c6-1(7)2(8)13-3(9)4(10)14-5(11)12;;/h1,11-12H;;. The van der Waals surface area contributed by atoms with E-state index in [0.717, 1.165) is 0 Å². The molecule has 11 heteroatoms. The molecule has 2 N–H and O–H groups in total. The van der Waals surface area contributed by atoms with E-state index in [1.165, 1.54) is 0 Å². The number of halogens is 2. The van der Waals surface area contributed by atoms with Gasteiger partial charge in [-0.1, -0.05) is 0 Å². The molecule has 0 aliphatic heterocycles. The number of ether oxygens (including phenoxy) is 1. The zero-order chi connectivity index (χ0) is 11.3. The van der Waals surface area contributed by atoms with Gasteiger partial charge in [0, 0.05) is 0 Å². The first-order valence-electron chi connectivity index (χ1n) is 2.95. The van der Waals surface area contributed by atoms with E-state index in [9.17, 15) is 23.2 Å². The van der Waals surface area contributed by atoms with Gasteiger partial charge in [0.2, 0.25) is 0 Å². The average Bonchev–Trinajstić information content (AvgIpc) is 2.02. The molecule has 0 atom stereocenters. The zero-order valence-electron chi connectivity index (χ0n) is 6.35. The van der Waals surface area contributed by atoms with Crippen LogP contribution >= 0.6 is 0 Å². The Balaban J connectivity index is 0. The molecule has 7 nitrogen and oxygen atoms in total. The van der Waals surface area contributed by atoms with E-state index in [-0.39, 0.29) is 18.9 Å². The number of rotatable bonds is 2. The first kappa shape index (κ1) is 16.5. The van der Waals surface area contributed by atoms with Crippen molar-refractivity contribution in [2.45, 2.75) is 6.43 Å². The summed E-state index contributed by atoms with van der Waals surface area (Å²) in [6, 6.07) is 0.